The molecule has 60 valence electrons. The molecule has 1 aliphatic heterocycles. The standard InChI is InChI=1S/C9H14N2/c1-2-3-7-11-9-5-4-6-10-8-9/h4-6H,2-3,7-8H2,1H3. The number of unbranched alkanes of at least 4 members (excludes halogenated alkanes) is 1. The van der Waals surface area contributed by atoms with E-state index in [0.29, 0.717) is 0 Å². The van der Waals surface area contributed by atoms with Crippen molar-refractivity contribution in [2.75, 3.05) is 13.1 Å². The van der Waals surface area contributed by atoms with Gasteiger partial charge in [0.2, 0.25) is 0 Å². The molecule has 0 saturated carbocycles. The van der Waals surface area contributed by atoms with E-state index in [4.69, 9.17) is 0 Å². The summed E-state index contributed by atoms with van der Waals surface area (Å²) in [7, 11) is 0. The number of hydrogen-bond donors (Lipinski definition) is 0. The van der Waals surface area contributed by atoms with E-state index in [1.54, 1.807) is 0 Å². The minimum atomic E-state index is 0.764. The summed E-state index contributed by atoms with van der Waals surface area (Å²) in [6.45, 7) is 3.89. The van der Waals surface area contributed by atoms with Crippen LogP contribution in [-0.4, -0.2) is 25.0 Å². The molecule has 0 fully saturated rings. The van der Waals surface area contributed by atoms with Crippen LogP contribution in [0.2, 0.25) is 0 Å². The Morgan fingerprint density at radius 3 is 3.18 bits per heavy atom. The Bertz CT molecular complexity index is 190. The Balaban J connectivity index is 2.29. The molecule has 0 aromatic rings. The topological polar surface area (TPSA) is 24.7 Å². The van der Waals surface area contributed by atoms with Gasteiger partial charge in [0.1, 0.15) is 0 Å². The fourth-order valence-electron chi connectivity index (χ4n) is 0.897. The van der Waals surface area contributed by atoms with E-state index in [-0.39, 0.29) is 0 Å². The van der Waals surface area contributed by atoms with Crippen LogP contribution < -0.4 is 0 Å². The van der Waals surface area contributed by atoms with E-state index in [1.165, 1.54) is 12.8 Å². The normalized spacial score (nSPS) is 19.5. The fourth-order valence-corrected chi connectivity index (χ4v) is 0.897. The molecule has 0 radical (unpaired) electrons. The van der Waals surface area contributed by atoms with Crippen LogP contribution in [0.4, 0.5) is 0 Å². The summed E-state index contributed by atoms with van der Waals surface area (Å²) < 4.78 is 0. The molecule has 0 aromatic heterocycles. The van der Waals surface area contributed by atoms with Gasteiger partial charge < -0.3 is 0 Å². The molecule has 0 unspecified atom stereocenters. The maximum absolute atomic E-state index is 4.39. The summed E-state index contributed by atoms with van der Waals surface area (Å²) in [5.41, 5.74) is 1.11. The van der Waals surface area contributed by atoms with Crippen LogP contribution in [0.25, 0.3) is 0 Å². The highest BCUT2D eigenvalue weighted by Crippen LogP contribution is 1.93. The van der Waals surface area contributed by atoms with Crippen molar-refractivity contribution in [2.24, 2.45) is 9.98 Å². The minimum absolute atomic E-state index is 0.764. The second-order valence-corrected chi connectivity index (χ2v) is 2.58. The molecule has 0 bridgehead atoms. The lowest BCUT2D eigenvalue weighted by Gasteiger charge is -1.99. The van der Waals surface area contributed by atoms with Gasteiger partial charge in [-0.15, -0.1) is 0 Å². The summed E-state index contributed by atoms with van der Waals surface area (Å²) in [6.07, 6.45) is 8.18. The molecule has 2 heteroatoms. The largest absolute Gasteiger partial charge is 0.288 e. The number of dihydropyridines is 1. The van der Waals surface area contributed by atoms with Crippen LogP contribution in [0.1, 0.15) is 19.8 Å². The van der Waals surface area contributed by atoms with E-state index in [9.17, 15) is 0 Å². The number of allylic oxidation sites excluding steroid dienone is 1. The average molecular weight is 150 g/mol. The van der Waals surface area contributed by atoms with Crippen LogP contribution in [0, 0.1) is 0 Å². The maximum atomic E-state index is 4.39. The number of aliphatic imine (C=N–C) groups is 2. The van der Waals surface area contributed by atoms with Gasteiger partial charge in [-0.25, -0.2) is 0 Å². The number of nitrogens with zero attached hydrogens (tertiary/aromatic N) is 2. The lowest BCUT2D eigenvalue weighted by molar-refractivity contribution is 0.807. The minimum Gasteiger partial charge on any atom is -0.288 e. The molecular formula is C9H14N2. The highest BCUT2D eigenvalue weighted by Gasteiger charge is 1.93. The lowest BCUT2D eigenvalue weighted by atomic mass is 10.3. The molecule has 11 heavy (non-hydrogen) atoms. The summed E-state index contributed by atoms with van der Waals surface area (Å²) in [6, 6.07) is 0. The monoisotopic (exact) mass is 150 g/mol. The summed E-state index contributed by atoms with van der Waals surface area (Å²) in [5, 5.41) is 0. The van der Waals surface area contributed by atoms with E-state index in [2.05, 4.69) is 16.9 Å². The van der Waals surface area contributed by atoms with Gasteiger partial charge in [-0.05, 0) is 18.6 Å². The predicted octanol–water partition coefficient (Wildman–Crippen LogP) is 1.87. The third-order valence-corrected chi connectivity index (χ3v) is 1.56. The maximum Gasteiger partial charge on any atom is 0.0807 e. The predicted molar refractivity (Wildman–Crippen MR) is 49.7 cm³/mol. The first kappa shape index (κ1) is 8.18. The average Bonchev–Trinajstić information content (AvgIpc) is 2.07. The van der Waals surface area contributed by atoms with E-state index < -0.39 is 0 Å². The zero-order valence-corrected chi connectivity index (χ0v) is 6.95. The van der Waals surface area contributed by atoms with Crippen molar-refractivity contribution in [3.05, 3.63) is 12.2 Å². The second kappa shape index (κ2) is 4.83. The summed E-state index contributed by atoms with van der Waals surface area (Å²) in [4.78, 5) is 8.48. The van der Waals surface area contributed by atoms with Crippen molar-refractivity contribution in [3.63, 3.8) is 0 Å². The van der Waals surface area contributed by atoms with E-state index >= 15 is 0 Å². The van der Waals surface area contributed by atoms with Crippen LogP contribution in [0.3, 0.4) is 0 Å². The number of hydrogen-bond acceptors (Lipinski definition) is 2. The van der Waals surface area contributed by atoms with Gasteiger partial charge in [-0.2, -0.15) is 0 Å². The van der Waals surface area contributed by atoms with Gasteiger partial charge in [0, 0.05) is 12.8 Å². The van der Waals surface area contributed by atoms with Gasteiger partial charge in [-0.1, -0.05) is 13.3 Å². The van der Waals surface area contributed by atoms with Crippen LogP contribution in [0.5, 0.6) is 0 Å². The van der Waals surface area contributed by atoms with Crippen molar-refractivity contribution in [3.8, 4) is 0 Å². The quantitative estimate of drug-likeness (QED) is 0.549. The molecule has 2 nitrogen and oxygen atoms in total. The highest BCUT2D eigenvalue weighted by molar-refractivity contribution is 6.02. The van der Waals surface area contributed by atoms with Crippen LogP contribution in [-0.2, 0) is 0 Å². The van der Waals surface area contributed by atoms with Gasteiger partial charge in [0.25, 0.3) is 0 Å². The molecule has 0 saturated heterocycles. The molecule has 0 amide bonds. The molecule has 0 aromatic carbocycles. The number of rotatable bonds is 3. The SMILES string of the molecule is CCCCN=C1C=CC=NC1. The van der Waals surface area contributed by atoms with E-state index in [0.717, 1.165) is 18.8 Å². The van der Waals surface area contributed by atoms with Crippen LogP contribution >= 0.6 is 0 Å². The fraction of sp³-hybridized carbons (Fsp3) is 0.556. The van der Waals surface area contributed by atoms with Crippen LogP contribution in [0.15, 0.2) is 22.1 Å². The summed E-state index contributed by atoms with van der Waals surface area (Å²) in [5.74, 6) is 0. The Labute approximate surface area is 67.8 Å². The first-order valence-electron chi connectivity index (χ1n) is 4.13. The third-order valence-electron chi connectivity index (χ3n) is 1.56. The van der Waals surface area contributed by atoms with Gasteiger partial charge in [-0.3, -0.25) is 9.98 Å². The molecule has 0 atom stereocenters. The highest BCUT2D eigenvalue weighted by atomic mass is 14.8. The Morgan fingerprint density at radius 2 is 2.55 bits per heavy atom. The van der Waals surface area contributed by atoms with Crippen molar-refractivity contribution in [1.82, 2.24) is 0 Å². The van der Waals surface area contributed by atoms with Crippen molar-refractivity contribution >= 4 is 11.9 Å². The van der Waals surface area contributed by atoms with Crippen molar-refractivity contribution in [1.29, 1.82) is 0 Å². The lowest BCUT2D eigenvalue weighted by Crippen LogP contribution is -2.03. The smallest absolute Gasteiger partial charge is 0.0807 e. The zero-order chi connectivity index (χ0) is 7.94. The Hall–Kier alpha value is -0.920. The van der Waals surface area contributed by atoms with Crippen molar-refractivity contribution < 1.29 is 0 Å². The first-order chi connectivity index (χ1) is 5.43. The molecule has 1 rings (SSSR count). The molecule has 0 aliphatic carbocycles. The molecular weight excluding hydrogens is 136 g/mol. The Kier molecular flexibility index (Phi) is 3.59. The molecule has 1 aliphatic rings. The first-order valence-corrected chi connectivity index (χ1v) is 4.13. The molecule has 0 N–H and O–H groups in total. The molecule has 0 spiro atoms. The van der Waals surface area contributed by atoms with Gasteiger partial charge in [0.05, 0.1) is 12.3 Å². The summed E-state index contributed by atoms with van der Waals surface area (Å²) >= 11 is 0. The second-order valence-electron chi connectivity index (χ2n) is 2.58. The zero-order valence-electron chi connectivity index (χ0n) is 6.95. The van der Waals surface area contributed by atoms with Crippen molar-refractivity contribution in [2.45, 2.75) is 19.8 Å². The molecule has 1 heterocycles. The third kappa shape index (κ3) is 3.12. The van der Waals surface area contributed by atoms with E-state index in [1.807, 2.05) is 18.4 Å². The van der Waals surface area contributed by atoms with Gasteiger partial charge >= 0.3 is 0 Å². The Morgan fingerprint density at radius 1 is 1.64 bits per heavy atom. The van der Waals surface area contributed by atoms with Gasteiger partial charge in [0.15, 0.2) is 0 Å².